The fourth-order valence-corrected chi connectivity index (χ4v) is 2.08. The molecule has 0 amide bonds. The van der Waals surface area contributed by atoms with Crippen LogP contribution >= 0.6 is 0 Å². The molecule has 2 atom stereocenters. The SMILES string of the molecule is CC(C)(C)OC(=O)COCCc1cn([C@@H]2COC[C@H]2O)nn1. The molecule has 1 aliphatic rings. The molecule has 0 unspecified atom stereocenters. The van der Waals surface area contributed by atoms with Crippen molar-refractivity contribution >= 4 is 5.97 Å². The normalized spacial score (nSPS) is 22.0. The zero-order chi connectivity index (χ0) is 16.2. The van der Waals surface area contributed by atoms with Gasteiger partial charge in [-0.1, -0.05) is 5.21 Å². The molecule has 1 saturated heterocycles. The summed E-state index contributed by atoms with van der Waals surface area (Å²) in [7, 11) is 0. The van der Waals surface area contributed by atoms with Gasteiger partial charge in [0.25, 0.3) is 0 Å². The number of aliphatic hydroxyl groups is 1. The molecular formula is C14H23N3O5. The predicted molar refractivity (Wildman–Crippen MR) is 76.3 cm³/mol. The Labute approximate surface area is 129 Å². The Morgan fingerprint density at radius 1 is 1.50 bits per heavy atom. The van der Waals surface area contributed by atoms with Gasteiger partial charge in [-0.15, -0.1) is 5.10 Å². The molecule has 22 heavy (non-hydrogen) atoms. The van der Waals surface area contributed by atoms with Crippen LogP contribution in [0.3, 0.4) is 0 Å². The van der Waals surface area contributed by atoms with E-state index in [1.807, 2.05) is 20.8 Å². The van der Waals surface area contributed by atoms with Gasteiger partial charge in [0.05, 0.1) is 25.5 Å². The standard InChI is InChI=1S/C14H23N3O5/c1-14(2,3)22-13(19)9-20-5-4-10-6-17(16-15-10)11-7-21-8-12(11)18/h6,11-12,18H,4-5,7-9H2,1-3H3/t11-,12-/m1/s1. The van der Waals surface area contributed by atoms with Crippen LogP contribution in [0.15, 0.2) is 6.20 Å². The van der Waals surface area contributed by atoms with Crippen LogP contribution in [0.5, 0.6) is 0 Å². The van der Waals surface area contributed by atoms with Crippen molar-refractivity contribution < 1.29 is 24.1 Å². The van der Waals surface area contributed by atoms with Crippen molar-refractivity contribution in [2.45, 2.75) is 44.9 Å². The van der Waals surface area contributed by atoms with Crippen molar-refractivity contribution in [1.82, 2.24) is 15.0 Å². The second-order valence-corrected chi connectivity index (χ2v) is 6.25. The number of carbonyl (C=O) groups is 1. The van der Waals surface area contributed by atoms with Crippen LogP contribution in [0.4, 0.5) is 0 Å². The zero-order valence-corrected chi connectivity index (χ0v) is 13.2. The fourth-order valence-electron chi connectivity index (χ4n) is 2.08. The lowest BCUT2D eigenvalue weighted by molar-refractivity contribution is -0.160. The first kappa shape index (κ1) is 16.9. The van der Waals surface area contributed by atoms with E-state index in [0.29, 0.717) is 26.2 Å². The Bertz CT molecular complexity index is 497. The summed E-state index contributed by atoms with van der Waals surface area (Å²) in [4.78, 5) is 11.5. The Hall–Kier alpha value is -1.51. The molecular weight excluding hydrogens is 290 g/mol. The van der Waals surface area contributed by atoms with E-state index in [9.17, 15) is 9.90 Å². The number of carbonyl (C=O) groups excluding carboxylic acids is 1. The van der Waals surface area contributed by atoms with Crippen LogP contribution in [0.1, 0.15) is 32.5 Å². The molecule has 0 saturated carbocycles. The number of ether oxygens (including phenoxy) is 3. The van der Waals surface area contributed by atoms with Gasteiger partial charge in [-0.2, -0.15) is 0 Å². The van der Waals surface area contributed by atoms with Gasteiger partial charge in [-0.3, -0.25) is 0 Å². The van der Waals surface area contributed by atoms with E-state index in [-0.39, 0.29) is 18.6 Å². The van der Waals surface area contributed by atoms with Crippen molar-refractivity contribution in [3.63, 3.8) is 0 Å². The fraction of sp³-hybridized carbons (Fsp3) is 0.786. The molecule has 0 aromatic carbocycles. The predicted octanol–water partition coefficient (Wildman–Crippen LogP) is 0.111. The molecule has 1 aromatic heterocycles. The maximum absolute atomic E-state index is 11.5. The molecule has 1 aromatic rings. The summed E-state index contributed by atoms with van der Waals surface area (Å²) >= 11 is 0. The van der Waals surface area contributed by atoms with Gasteiger partial charge < -0.3 is 19.3 Å². The molecule has 1 N–H and O–H groups in total. The first-order chi connectivity index (χ1) is 10.3. The number of hydrogen-bond acceptors (Lipinski definition) is 7. The van der Waals surface area contributed by atoms with Crippen LogP contribution in [0, 0.1) is 0 Å². The highest BCUT2D eigenvalue weighted by atomic mass is 16.6. The van der Waals surface area contributed by atoms with Gasteiger partial charge in [0.15, 0.2) is 0 Å². The van der Waals surface area contributed by atoms with Gasteiger partial charge in [0.1, 0.15) is 24.4 Å². The summed E-state index contributed by atoms with van der Waals surface area (Å²) in [6.07, 6.45) is 1.74. The number of aliphatic hydroxyl groups excluding tert-OH is 1. The second-order valence-electron chi connectivity index (χ2n) is 6.25. The largest absolute Gasteiger partial charge is 0.458 e. The highest BCUT2D eigenvalue weighted by Gasteiger charge is 2.28. The molecule has 8 nitrogen and oxygen atoms in total. The number of aromatic nitrogens is 3. The van der Waals surface area contributed by atoms with Crippen molar-refractivity contribution in [3.8, 4) is 0 Å². The van der Waals surface area contributed by atoms with Gasteiger partial charge in [-0.25, -0.2) is 9.48 Å². The zero-order valence-electron chi connectivity index (χ0n) is 13.2. The van der Waals surface area contributed by atoms with Gasteiger partial charge in [0, 0.05) is 12.6 Å². The van der Waals surface area contributed by atoms with Crippen molar-refractivity contribution in [3.05, 3.63) is 11.9 Å². The molecule has 1 aliphatic heterocycles. The minimum atomic E-state index is -0.557. The van der Waals surface area contributed by atoms with E-state index < -0.39 is 11.7 Å². The monoisotopic (exact) mass is 313 g/mol. The van der Waals surface area contributed by atoms with E-state index in [1.165, 1.54) is 0 Å². The van der Waals surface area contributed by atoms with Crippen LogP contribution in [0.2, 0.25) is 0 Å². The topological polar surface area (TPSA) is 95.7 Å². The van der Waals surface area contributed by atoms with Crippen LogP contribution < -0.4 is 0 Å². The second kappa shape index (κ2) is 7.17. The lowest BCUT2D eigenvalue weighted by Crippen LogP contribution is -2.26. The van der Waals surface area contributed by atoms with Gasteiger partial charge >= 0.3 is 5.97 Å². The summed E-state index contributed by atoms with van der Waals surface area (Å²) in [6, 6.07) is -0.191. The molecule has 0 radical (unpaired) electrons. The highest BCUT2D eigenvalue weighted by molar-refractivity contribution is 5.71. The summed E-state index contributed by atoms with van der Waals surface area (Å²) < 4.78 is 17.2. The third-order valence-corrected chi connectivity index (χ3v) is 3.06. The Kier molecular flexibility index (Phi) is 5.49. The molecule has 0 bridgehead atoms. The summed E-state index contributed by atoms with van der Waals surface area (Å²) in [6.45, 7) is 6.44. The highest BCUT2D eigenvalue weighted by Crippen LogP contribution is 2.18. The average Bonchev–Trinajstić information content (AvgIpc) is 3.01. The van der Waals surface area contributed by atoms with Crippen LogP contribution in [-0.4, -0.2) is 64.2 Å². The summed E-state index contributed by atoms with van der Waals surface area (Å²) in [5.41, 5.74) is 0.233. The maximum atomic E-state index is 11.5. The molecule has 0 aliphatic carbocycles. The van der Waals surface area contributed by atoms with E-state index in [4.69, 9.17) is 14.2 Å². The quantitative estimate of drug-likeness (QED) is 0.588. The van der Waals surface area contributed by atoms with Crippen molar-refractivity contribution in [1.29, 1.82) is 0 Å². The van der Waals surface area contributed by atoms with E-state index in [0.717, 1.165) is 5.69 Å². The van der Waals surface area contributed by atoms with Crippen molar-refractivity contribution in [2.24, 2.45) is 0 Å². The number of nitrogens with zero attached hydrogens (tertiary/aromatic N) is 3. The molecule has 1 fully saturated rings. The van der Waals surface area contributed by atoms with Gasteiger partial charge in [0.2, 0.25) is 0 Å². The Morgan fingerprint density at radius 2 is 2.27 bits per heavy atom. The first-order valence-electron chi connectivity index (χ1n) is 7.31. The third kappa shape index (κ3) is 5.04. The molecule has 0 spiro atoms. The number of esters is 1. The lowest BCUT2D eigenvalue weighted by atomic mass is 10.2. The van der Waals surface area contributed by atoms with Crippen molar-refractivity contribution in [2.75, 3.05) is 26.4 Å². The molecule has 2 rings (SSSR count). The third-order valence-electron chi connectivity index (χ3n) is 3.06. The molecule has 124 valence electrons. The van der Waals surface area contributed by atoms with Gasteiger partial charge in [-0.05, 0) is 20.8 Å². The minimum absolute atomic E-state index is 0.0828. The smallest absolute Gasteiger partial charge is 0.332 e. The lowest BCUT2D eigenvalue weighted by Gasteiger charge is -2.19. The summed E-state index contributed by atoms with van der Waals surface area (Å²) in [5, 5.41) is 17.7. The Balaban J connectivity index is 1.70. The summed E-state index contributed by atoms with van der Waals surface area (Å²) in [5.74, 6) is -0.387. The first-order valence-corrected chi connectivity index (χ1v) is 7.31. The number of rotatable bonds is 6. The Morgan fingerprint density at radius 3 is 2.91 bits per heavy atom. The number of hydrogen-bond donors (Lipinski definition) is 1. The minimum Gasteiger partial charge on any atom is -0.458 e. The average molecular weight is 313 g/mol. The molecule has 2 heterocycles. The van der Waals surface area contributed by atoms with E-state index >= 15 is 0 Å². The molecule has 8 heteroatoms. The van der Waals surface area contributed by atoms with Crippen LogP contribution in [0.25, 0.3) is 0 Å². The van der Waals surface area contributed by atoms with Crippen LogP contribution in [-0.2, 0) is 25.4 Å². The van der Waals surface area contributed by atoms with E-state index in [2.05, 4.69) is 10.3 Å². The maximum Gasteiger partial charge on any atom is 0.332 e. The van der Waals surface area contributed by atoms with E-state index in [1.54, 1.807) is 10.9 Å².